The summed E-state index contributed by atoms with van der Waals surface area (Å²) >= 11 is 4.79. The molecule has 0 unspecified atom stereocenters. The lowest BCUT2D eigenvalue weighted by atomic mass is 10.1. The molecular weight excluding hydrogens is 302 g/mol. The average Bonchev–Trinajstić information content (AvgIpc) is 2.61. The van der Waals surface area contributed by atoms with Gasteiger partial charge in [0.1, 0.15) is 0 Å². The number of thiophene rings is 1. The number of likely N-dealkylation sites (N-methyl/N-ethyl adjacent to an activating group) is 1. The lowest BCUT2D eigenvalue weighted by Gasteiger charge is -2.27. The molecule has 0 bridgehead atoms. The second kappa shape index (κ2) is 6.09. The van der Waals surface area contributed by atoms with E-state index in [2.05, 4.69) is 15.9 Å². The third-order valence-corrected chi connectivity index (χ3v) is 3.94. The number of rotatable bonds is 6. The molecule has 1 heterocycles. The van der Waals surface area contributed by atoms with Gasteiger partial charge in [-0.1, -0.05) is 6.92 Å². The first-order valence-electron chi connectivity index (χ1n) is 5.55. The molecule has 0 aromatic carbocycles. The van der Waals surface area contributed by atoms with Gasteiger partial charge < -0.3 is 5.11 Å². The minimum Gasteiger partial charge on any atom is -0.389 e. The number of aliphatic hydroxyl groups is 1. The van der Waals surface area contributed by atoms with E-state index in [1.165, 1.54) is 11.3 Å². The van der Waals surface area contributed by atoms with Crippen LogP contribution in [0.25, 0.3) is 0 Å². The van der Waals surface area contributed by atoms with E-state index in [0.29, 0.717) is 13.1 Å². The Labute approximate surface area is 115 Å². The summed E-state index contributed by atoms with van der Waals surface area (Å²) in [5, 5.41) is 9.75. The van der Waals surface area contributed by atoms with Crippen molar-refractivity contribution in [2.24, 2.45) is 0 Å². The third kappa shape index (κ3) is 5.29. The van der Waals surface area contributed by atoms with Gasteiger partial charge in [-0.3, -0.25) is 9.69 Å². The van der Waals surface area contributed by atoms with Gasteiger partial charge in [0, 0.05) is 6.54 Å². The largest absolute Gasteiger partial charge is 0.389 e. The van der Waals surface area contributed by atoms with Crippen LogP contribution in [0.5, 0.6) is 0 Å². The van der Waals surface area contributed by atoms with Gasteiger partial charge in [0.15, 0.2) is 5.78 Å². The van der Waals surface area contributed by atoms with Crippen molar-refractivity contribution in [3.63, 3.8) is 0 Å². The molecule has 1 N–H and O–H groups in total. The molecule has 0 amide bonds. The molecule has 3 nitrogen and oxygen atoms in total. The number of carbonyl (C=O) groups excluding carboxylic acids is 1. The van der Waals surface area contributed by atoms with Crippen molar-refractivity contribution >= 4 is 33.0 Å². The van der Waals surface area contributed by atoms with Gasteiger partial charge in [-0.15, -0.1) is 11.3 Å². The minimum absolute atomic E-state index is 0.104. The van der Waals surface area contributed by atoms with Crippen LogP contribution < -0.4 is 0 Å². The van der Waals surface area contributed by atoms with Crippen LogP contribution in [0, 0.1) is 0 Å². The Morgan fingerprint density at radius 2 is 2.18 bits per heavy atom. The molecule has 0 saturated heterocycles. The molecule has 1 aromatic heterocycles. The van der Waals surface area contributed by atoms with Crippen LogP contribution in [0.2, 0.25) is 0 Å². The van der Waals surface area contributed by atoms with E-state index in [1.807, 2.05) is 24.0 Å². The van der Waals surface area contributed by atoms with E-state index in [4.69, 9.17) is 0 Å². The molecule has 17 heavy (non-hydrogen) atoms. The van der Waals surface area contributed by atoms with Crippen LogP contribution in [0.4, 0.5) is 0 Å². The van der Waals surface area contributed by atoms with Crippen molar-refractivity contribution in [3.8, 4) is 0 Å². The van der Waals surface area contributed by atoms with E-state index >= 15 is 0 Å². The number of nitrogens with zero attached hydrogens (tertiary/aromatic N) is 1. The van der Waals surface area contributed by atoms with Crippen molar-refractivity contribution in [2.45, 2.75) is 26.4 Å². The van der Waals surface area contributed by atoms with E-state index in [9.17, 15) is 9.90 Å². The highest BCUT2D eigenvalue weighted by molar-refractivity contribution is 9.11. The van der Waals surface area contributed by atoms with Gasteiger partial charge in [0.05, 0.1) is 20.8 Å². The molecule has 0 fully saturated rings. The molecule has 0 spiro atoms. The van der Waals surface area contributed by atoms with E-state index < -0.39 is 5.60 Å². The fourth-order valence-corrected chi connectivity index (χ4v) is 2.89. The molecule has 0 aliphatic rings. The van der Waals surface area contributed by atoms with Crippen LogP contribution >= 0.6 is 27.3 Å². The van der Waals surface area contributed by atoms with Crippen LogP contribution in [-0.4, -0.2) is 41.0 Å². The summed E-state index contributed by atoms with van der Waals surface area (Å²) in [7, 11) is 0. The highest BCUT2D eigenvalue weighted by Gasteiger charge is 2.20. The maximum atomic E-state index is 12.0. The second-order valence-corrected chi connectivity index (χ2v) is 7.11. The monoisotopic (exact) mass is 319 g/mol. The number of halogens is 1. The third-order valence-electron chi connectivity index (χ3n) is 2.27. The topological polar surface area (TPSA) is 40.5 Å². The summed E-state index contributed by atoms with van der Waals surface area (Å²) in [6, 6.07) is 3.71. The Bertz CT molecular complexity index is 384. The molecule has 1 aromatic rings. The normalized spacial score (nSPS) is 12.1. The fourth-order valence-electron chi connectivity index (χ4n) is 1.57. The Kier molecular flexibility index (Phi) is 5.31. The molecule has 1 rings (SSSR count). The number of hydrogen-bond acceptors (Lipinski definition) is 4. The summed E-state index contributed by atoms with van der Waals surface area (Å²) in [6.45, 7) is 7.10. The summed E-state index contributed by atoms with van der Waals surface area (Å²) in [5.41, 5.74) is -0.772. The Balaban J connectivity index is 2.60. The summed E-state index contributed by atoms with van der Waals surface area (Å²) in [6.07, 6.45) is 0. The zero-order chi connectivity index (χ0) is 13.1. The van der Waals surface area contributed by atoms with Gasteiger partial charge in [-0.2, -0.15) is 0 Å². The van der Waals surface area contributed by atoms with Gasteiger partial charge in [-0.05, 0) is 48.5 Å². The standard InChI is InChI=1S/C12H18BrNO2S/c1-4-14(8-12(2,3)16)7-9(15)10-5-6-11(13)17-10/h5-6,16H,4,7-8H2,1-3H3. The molecule has 5 heteroatoms. The number of carbonyl (C=O) groups is 1. The molecule has 0 radical (unpaired) electrons. The number of Topliss-reactive ketones (excluding diaryl/α,β-unsaturated/α-hetero) is 1. The lowest BCUT2D eigenvalue weighted by Crippen LogP contribution is -2.41. The first-order chi connectivity index (χ1) is 7.81. The van der Waals surface area contributed by atoms with Crippen LogP contribution in [0.3, 0.4) is 0 Å². The van der Waals surface area contributed by atoms with Gasteiger partial charge in [-0.25, -0.2) is 0 Å². The van der Waals surface area contributed by atoms with Crippen molar-refractivity contribution in [3.05, 3.63) is 20.8 Å². The summed E-state index contributed by atoms with van der Waals surface area (Å²) < 4.78 is 0.964. The zero-order valence-corrected chi connectivity index (χ0v) is 12.8. The molecular formula is C12H18BrNO2S. The van der Waals surface area contributed by atoms with E-state index in [1.54, 1.807) is 13.8 Å². The summed E-state index contributed by atoms with van der Waals surface area (Å²) in [4.78, 5) is 14.7. The predicted molar refractivity (Wildman–Crippen MR) is 74.8 cm³/mol. The first-order valence-corrected chi connectivity index (χ1v) is 7.16. The minimum atomic E-state index is -0.772. The van der Waals surface area contributed by atoms with Crippen molar-refractivity contribution in [2.75, 3.05) is 19.6 Å². The smallest absolute Gasteiger partial charge is 0.186 e. The molecule has 0 aliphatic carbocycles. The van der Waals surface area contributed by atoms with Crippen molar-refractivity contribution in [1.29, 1.82) is 0 Å². The first kappa shape index (κ1) is 14.8. The quantitative estimate of drug-likeness (QED) is 0.820. The predicted octanol–water partition coefficient (Wildman–Crippen LogP) is 2.79. The molecule has 0 atom stereocenters. The molecule has 96 valence electrons. The maximum Gasteiger partial charge on any atom is 0.186 e. The molecule has 0 saturated carbocycles. The van der Waals surface area contributed by atoms with E-state index in [0.717, 1.165) is 15.2 Å². The summed E-state index contributed by atoms with van der Waals surface area (Å²) in [5.74, 6) is 0.104. The molecule has 0 aliphatic heterocycles. The zero-order valence-electron chi connectivity index (χ0n) is 10.4. The van der Waals surface area contributed by atoms with E-state index in [-0.39, 0.29) is 5.78 Å². The highest BCUT2D eigenvalue weighted by atomic mass is 79.9. The Morgan fingerprint density at radius 1 is 1.53 bits per heavy atom. The van der Waals surface area contributed by atoms with Crippen LogP contribution in [-0.2, 0) is 0 Å². The maximum absolute atomic E-state index is 12.0. The number of hydrogen-bond donors (Lipinski definition) is 1. The van der Waals surface area contributed by atoms with Gasteiger partial charge in [0.2, 0.25) is 0 Å². The average molecular weight is 320 g/mol. The second-order valence-electron chi connectivity index (χ2n) is 4.64. The van der Waals surface area contributed by atoms with Crippen molar-refractivity contribution < 1.29 is 9.90 Å². The van der Waals surface area contributed by atoms with Crippen molar-refractivity contribution in [1.82, 2.24) is 4.90 Å². The lowest BCUT2D eigenvalue weighted by molar-refractivity contribution is 0.0376. The Hall–Kier alpha value is -0.230. The van der Waals surface area contributed by atoms with Gasteiger partial charge in [0.25, 0.3) is 0 Å². The van der Waals surface area contributed by atoms with Crippen LogP contribution in [0.1, 0.15) is 30.4 Å². The SMILES string of the molecule is CCN(CC(=O)c1ccc(Br)s1)CC(C)(C)O. The highest BCUT2D eigenvalue weighted by Crippen LogP contribution is 2.22. The van der Waals surface area contributed by atoms with Crippen LogP contribution in [0.15, 0.2) is 15.9 Å². The fraction of sp³-hybridized carbons (Fsp3) is 0.583. The Morgan fingerprint density at radius 3 is 2.59 bits per heavy atom. The number of ketones is 1. The van der Waals surface area contributed by atoms with Gasteiger partial charge >= 0.3 is 0 Å².